The van der Waals surface area contributed by atoms with Crippen molar-refractivity contribution >= 4 is 17.5 Å². The Morgan fingerprint density at radius 3 is 2.69 bits per heavy atom. The van der Waals surface area contributed by atoms with Crippen LogP contribution in [-0.2, 0) is 9.59 Å². The smallest absolute Gasteiger partial charge is 0.265 e. The number of nitrogens with one attached hydrogen (secondary N) is 1. The summed E-state index contributed by atoms with van der Waals surface area (Å²) in [4.78, 5) is 26.4. The number of anilines is 1. The van der Waals surface area contributed by atoms with Gasteiger partial charge in [-0.3, -0.25) is 14.5 Å². The van der Waals surface area contributed by atoms with Crippen molar-refractivity contribution in [2.45, 2.75) is 19.9 Å². The number of hydrogen-bond donors (Lipinski definition) is 1. The molecule has 0 saturated heterocycles. The molecule has 0 saturated carbocycles. The maximum atomic E-state index is 12.7. The van der Waals surface area contributed by atoms with E-state index >= 15 is 0 Å². The zero-order valence-electron chi connectivity index (χ0n) is 16.3. The van der Waals surface area contributed by atoms with Crippen molar-refractivity contribution in [1.82, 2.24) is 15.1 Å². The second kappa shape index (κ2) is 7.79. The summed E-state index contributed by atoms with van der Waals surface area (Å²) < 4.78 is 7.27. The minimum absolute atomic E-state index is 0.0601. The molecule has 0 radical (unpaired) electrons. The number of fused-ring (bicyclic) bond motifs is 1. The lowest BCUT2D eigenvalue weighted by atomic mass is 10.1. The lowest BCUT2D eigenvalue weighted by Crippen LogP contribution is -2.45. The van der Waals surface area contributed by atoms with Crippen molar-refractivity contribution in [1.29, 1.82) is 0 Å². The number of hydrogen-bond acceptors (Lipinski definition) is 4. The lowest BCUT2D eigenvalue weighted by molar-refractivity contribution is -0.125. The van der Waals surface area contributed by atoms with Gasteiger partial charge in [-0.15, -0.1) is 0 Å². The molecule has 0 aliphatic carbocycles. The fourth-order valence-electron chi connectivity index (χ4n) is 3.51. The summed E-state index contributed by atoms with van der Waals surface area (Å²) in [6.07, 6.45) is 1.77. The summed E-state index contributed by atoms with van der Waals surface area (Å²) in [5.41, 5.74) is 3.46. The topological polar surface area (TPSA) is 76.5 Å². The third-order valence-electron chi connectivity index (χ3n) is 5.00. The average Bonchev–Trinajstić information content (AvgIpc) is 3.12. The highest BCUT2D eigenvalue weighted by Gasteiger charge is 2.27. The normalized spacial score (nSPS) is 14.1. The van der Waals surface area contributed by atoms with Crippen LogP contribution in [0.3, 0.4) is 0 Å². The van der Waals surface area contributed by atoms with Crippen LogP contribution in [0.15, 0.2) is 60.8 Å². The maximum absolute atomic E-state index is 12.7. The third kappa shape index (κ3) is 3.71. The molecule has 1 unspecified atom stereocenters. The van der Waals surface area contributed by atoms with Gasteiger partial charge in [-0.05, 0) is 38.1 Å². The first kappa shape index (κ1) is 18.7. The molecule has 7 nitrogen and oxygen atoms in total. The Hall–Kier alpha value is -3.61. The average molecular weight is 390 g/mol. The van der Waals surface area contributed by atoms with Crippen LogP contribution in [0.25, 0.3) is 5.69 Å². The van der Waals surface area contributed by atoms with Gasteiger partial charge in [0.15, 0.2) is 6.61 Å². The SMILES string of the molecule is Cc1c(C(C)NC(=O)CN2C(=O)COc3ccccc32)cnn1-c1ccccc1. The second-order valence-corrected chi connectivity index (χ2v) is 6.96. The van der Waals surface area contributed by atoms with Crippen molar-refractivity contribution in [2.24, 2.45) is 0 Å². The number of ether oxygens (including phenoxy) is 1. The van der Waals surface area contributed by atoms with E-state index in [0.717, 1.165) is 16.9 Å². The Morgan fingerprint density at radius 1 is 1.17 bits per heavy atom. The summed E-state index contributed by atoms with van der Waals surface area (Å²) in [7, 11) is 0. The minimum atomic E-state index is -0.244. The highest BCUT2D eigenvalue weighted by Crippen LogP contribution is 2.31. The molecule has 2 aromatic carbocycles. The van der Waals surface area contributed by atoms with Crippen molar-refractivity contribution < 1.29 is 14.3 Å². The van der Waals surface area contributed by atoms with Crippen LogP contribution >= 0.6 is 0 Å². The minimum Gasteiger partial charge on any atom is -0.482 e. The number of carbonyl (C=O) groups excluding carboxylic acids is 2. The highest BCUT2D eigenvalue weighted by molar-refractivity contribution is 6.02. The van der Waals surface area contributed by atoms with Crippen LogP contribution in [-0.4, -0.2) is 34.7 Å². The number of para-hydroxylation sites is 3. The quantitative estimate of drug-likeness (QED) is 0.727. The molecule has 29 heavy (non-hydrogen) atoms. The maximum Gasteiger partial charge on any atom is 0.265 e. The van der Waals surface area contributed by atoms with Gasteiger partial charge >= 0.3 is 0 Å². The number of rotatable bonds is 5. The Morgan fingerprint density at radius 2 is 1.90 bits per heavy atom. The van der Waals surface area contributed by atoms with E-state index in [4.69, 9.17) is 4.74 Å². The van der Waals surface area contributed by atoms with Gasteiger partial charge in [0.05, 0.1) is 23.6 Å². The van der Waals surface area contributed by atoms with Crippen LogP contribution in [0.5, 0.6) is 5.75 Å². The van der Waals surface area contributed by atoms with Crippen LogP contribution < -0.4 is 15.0 Å². The molecule has 1 aromatic heterocycles. The van der Waals surface area contributed by atoms with Crippen molar-refractivity contribution in [3.05, 3.63) is 72.1 Å². The van der Waals surface area contributed by atoms with Crippen molar-refractivity contribution in [3.8, 4) is 11.4 Å². The van der Waals surface area contributed by atoms with E-state index in [9.17, 15) is 9.59 Å². The predicted octanol–water partition coefficient (Wildman–Crippen LogP) is 2.78. The van der Waals surface area contributed by atoms with E-state index in [1.807, 2.05) is 61.0 Å². The van der Waals surface area contributed by atoms with Crippen LogP contribution in [0.4, 0.5) is 5.69 Å². The Balaban J connectivity index is 1.47. The van der Waals surface area contributed by atoms with E-state index in [2.05, 4.69) is 10.4 Å². The first-order chi connectivity index (χ1) is 14.0. The Kier molecular flexibility index (Phi) is 5.03. The van der Waals surface area contributed by atoms with Gasteiger partial charge in [-0.25, -0.2) is 4.68 Å². The fourth-order valence-corrected chi connectivity index (χ4v) is 3.51. The Bertz CT molecular complexity index is 1050. The zero-order chi connectivity index (χ0) is 20.4. The summed E-state index contributed by atoms with van der Waals surface area (Å²) in [5, 5.41) is 7.43. The molecule has 2 heterocycles. The van der Waals surface area contributed by atoms with E-state index in [0.29, 0.717) is 11.4 Å². The molecule has 1 aliphatic heterocycles. The van der Waals surface area contributed by atoms with E-state index in [1.54, 1.807) is 18.3 Å². The summed E-state index contributed by atoms with van der Waals surface area (Å²) in [5.74, 6) is 0.127. The second-order valence-electron chi connectivity index (χ2n) is 6.96. The van der Waals surface area contributed by atoms with Crippen LogP contribution in [0, 0.1) is 6.92 Å². The number of carbonyl (C=O) groups is 2. The molecule has 4 rings (SSSR count). The molecular formula is C22H22N4O3. The number of benzene rings is 2. The number of aromatic nitrogens is 2. The predicted molar refractivity (Wildman–Crippen MR) is 109 cm³/mol. The first-order valence-electron chi connectivity index (χ1n) is 9.46. The molecule has 0 bridgehead atoms. The van der Waals surface area contributed by atoms with Gasteiger partial charge in [-0.1, -0.05) is 30.3 Å². The molecular weight excluding hydrogens is 368 g/mol. The standard InChI is InChI=1S/C22H22N4O3/c1-15(18-12-23-26(16(18)2)17-8-4-3-5-9-17)24-21(27)13-25-19-10-6-7-11-20(19)29-14-22(25)28/h3-12,15H,13-14H2,1-2H3,(H,24,27). The van der Waals surface area contributed by atoms with Crippen molar-refractivity contribution in [3.63, 3.8) is 0 Å². The zero-order valence-corrected chi connectivity index (χ0v) is 16.3. The van der Waals surface area contributed by atoms with Crippen LogP contribution in [0.1, 0.15) is 24.2 Å². The van der Waals surface area contributed by atoms with Gasteiger partial charge in [0, 0.05) is 11.3 Å². The molecule has 0 spiro atoms. The Labute approximate surface area is 168 Å². The summed E-state index contributed by atoms with van der Waals surface area (Å²) in [6, 6.07) is 16.8. The third-order valence-corrected chi connectivity index (χ3v) is 5.00. The van der Waals surface area contributed by atoms with Gasteiger partial charge < -0.3 is 10.1 Å². The molecule has 1 N–H and O–H groups in total. The van der Waals surface area contributed by atoms with Gasteiger partial charge in [0.25, 0.3) is 5.91 Å². The lowest BCUT2D eigenvalue weighted by Gasteiger charge is -2.29. The van der Waals surface area contributed by atoms with E-state index < -0.39 is 0 Å². The fraction of sp³-hybridized carbons (Fsp3) is 0.227. The molecule has 1 atom stereocenters. The van der Waals surface area contributed by atoms with Crippen molar-refractivity contribution in [2.75, 3.05) is 18.1 Å². The molecule has 0 fully saturated rings. The largest absolute Gasteiger partial charge is 0.482 e. The summed E-state index contributed by atoms with van der Waals surface area (Å²) in [6.45, 7) is 3.75. The first-order valence-corrected chi connectivity index (χ1v) is 9.46. The number of amides is 2. The monoisotopic (exact) mass is 390 g/mol. The van der Waals surface area contributed by atoms with E-state index in [1.165, 1.54) is 4.90 Å². The summed E-state index contributed by atoms with van der Waals surface area (Å²) >= 11 is 0. The van der Waals surface area contributed by atoms with Crippen LogP contribution in [0.2, 0.25) is 0 Å². The molecule has 7 heteroatoms. The molecule has 2 amide bonds. The molecule has 3 aromatic rings. The number of nitrogens with zero attached hydrogens (tertiary/aromatic N) is 3. The molecule has 148 valence electrons. The van der Waals surface area contributed by atoms with E-state index in [-0.39, 0.29) is 31.0 Å². The van der Waals surface area contributed by atoms with Gasteiger partial charge in [0.1, 0.15) is 12.3 Å². The highest BCUT2D eigenvalue weighted by atomic mass is 16.5. The molecule has 1 aliphatic rings. The van der Waals surface area contributed by atoms with Gasteiger partial charge in [-0.2, -0.15) is 5.10 Å². The van der Waals surface area contributed by atoms with Gasteiger partial charge in [0.2, 0.25) is 5.91 Å².